The van der Waals surface area contributed by atoms with Gasteiger partial charge in [-0.1, -0.05) is 0 Å². The summed E-state index contributed by atoms with van der Waals surface area (Å²) in [4.78, 5) is 37.8. The van der Waals surface area contributed by atoms with Crippen LogP contribution in [0.15, 0.2) is 28.2 Å². The molecule has 0 spiro atoms. The van der Waals surface area contributed by atoms with E-state index in [-0.39, 0.29) is 24.4 Å². The molecule has 1 saturated heterocycles. The molecule has 3 amide bonds. The van der Waals surface area contributed by atoms with Gasteiger partial charge in [0.1, 0.15) is 5.00 Å². The van der Waals surface area contributed by atoms with Gasteiger partial charge in [-0.3, -0.25) is 19.3 Å². The van der Waals surface area contributed by atoms with Crippen molar-refractivity contribution in [3.63, 3.8) is 0 Å². The second-order valence-corrected chi connectivity index (χ2v) is 7.45. The van der Waals surface area contributed by atoms with Crippen LogP contribution in [0.25, 0.3) is 0 Å². The van der Waals surface area contributed by atoms with Crippen molar-refractivity contribution in [1.29, 1.82) is 0 Å². The van der Waals surface area contributed by atoms with E-state index in [1.807, 2.05) is 11.8 Å². The monoisotopic (exact) mass is 390 g/mol. The van der Waals surface area contributed by atoms with E-state index in [1.54, 1.807) is 17.5 Å². The largest absolute Gasteiger partial charge is 0.459 e. The van der Waals surface area contributed by atoms with Gasteiger partial charge in [-0.2, -0.15) is 0 Å². The lowest BCUT2D eigenvalue weighted by atomic mass is 10.0. The van der Waals surface area contributed by atoms with E-state index in [0.717, 1.165) is 18.4 Å². The Bertz CT molecular complexity index is 836. The Morgan fingerprint density at radius 3 is 2.67 bits per heavy atom. The van der Waals surface area contributed by atoms with E-state index in [1.165, 1.54) is 17.6 Å². The molecule has 0 aromatic carbocycles. The number of nitrogens with zero attached hydrogens (tertiary/aromatic N) is 1. The number of piperidine rings is 1. The Morgan fingerprint density at radius 1 is 1.30 bits per heavy atom. The summed E-state index contributed by atoms with van der Waals surface area (Å²) < 4.78 is 5.21. The number of furan rings is 1. The molecule has 3 heterocycles. The van der Waals surface area contributed by atoms with Crippen LogP contribution in [0.2, 0.25) is 0 Å². The quantitative estimate of drug-likeness (QED) is 0.692. The van der Waals surface area contributed by atoms with Gasteiger partial charge in [-0.05, 0) is 37.3 Å². The number of aryl methyl sites for hydroxylation is 1. The Hall–Kier alpha value is -2.65. The summed E-state index contributed by atoms with van der Waals surface area (Å²) in [6.07, 6.45) is 3.01. The van der Waals surface area contributed by atoms with Crippen LogP contribution in [0.5, 0.6) is 0 Å². The SMILES string of the molecule is Cc1ccoc1C(=O)NC1CCN(CC(=O)Nc2sccc2C(N)=O)CC1. The second kappa shape index (κ2) is 8.36. The second-order valence-electron chi connectivity index (χ2n) is 6.53. The number of amides is 3. The zero-order valence-corrected chi connectivity index (χ0v) is 15.8. The number of hydrogen-bond acceptors (Lipinski definition) is 6. The lowest BCUT2D eigenvalue weighted by molar-refractivity contribution is -0.117. The summed E-state index contributed by atoms with van der Waals surface area (Å²) in [5.41, 5.74) is 6.42. The Kier molecular flexibility index (Phi) is 5.92. The highest BCUT2D eigenvalue weighted by Gasteiger charge is 2.24. The number of likely N-dealkylation sites (tertiary alicyclic amines) is 1. The highest BCUT2D eigenvalue weighted by Crippen LogP contribution is 2.22. The van der Waals surface area contributed by atoms with Gasteiger partial charge in [-0.25, -0.2) is 0 Å². The van der Waals surface area contributed by atoms with Crippen molar-refractivity contribution in [3.8, 4) is 0 Å². The number of hydrogen-bond donors (Lipinski definition) is 3. The average molecular weight is 390 g/mol. The van der Waals surface area contributed by atoms with Crippen LogP contribution in [-0.4, -0.2) is 48.3 Å². The van der Waals surface area contributed by atoms with Gasteiger partial charge in [-0.15, -0.1) is 11.3 Å². The molecule has 1 fully saturated rings. The molecule has 0 radical (unpaired) electrons. The summed E-state index contributed by atoms with van der Waals surface area (Å²) in [6, 6.07) is 3.41. The van der Waals surface area contributed by atoms with E-state index in [2.05, 4.69) is 10.6 Å². The van der Waals surface area contributed by atoms with Gasteiger partial charge in [0.05, 0.1) is 18.4 Å². The van der Waals surface area contributed by atoms with Gasteiger partial charge >= 0.3 is 0 Å². The molecule has 0 atom stereocenters. The molecule has 1 aliphatic rings. The van der Waals surface area contributed by atoms with Crippen molar-refractivity contribution in [2.75, 3.05) is 25.0 Å². The number of rotatable bonds is 6. The lowest BCUT2D eigenvalue weighted by Crippen LogP contribution is -2.46. The number of anilines is 1. The third kappa shape index (κ3) is 4.75. The van der Waals surface area contributed by atoms with Crippen LogP contribution >= 0.6 is 11.3 Å². The van der Waals surface area contributed by atoms with Crippen molar-refractivity contribution in [3.05, 3.63) is 40.7 Å². The molecule has 144 valence electrons. The lowest BCUT2D eigenvalue weighted by Gasteiger charge is -2.31. The zero-order valence-electron chi connectivity index (χ0n) is 15.0. The summed E-state index contributed by atoms with van der Waals surface area (Å²) in [7, 11) is 0. The first-order chi connectivity index (χ1) is 12.9. The molecule has 3 rings (SSSR count). The van der Waals surface area contributed by atoms with E-state index < -0.39 is 5.91 Å². The maximum absolute atomic E-state index is 12.2. The Labute approximate surface area is 160 Å². The van der Waals surface area contributed by atoms with Gasteiger partial charge in [0, 0.05) is 24.7 Å². The fourth-order valence-electron chi connectivity index (χ4n) is 3.06. The normalized spacial score (nSPS) is 15.4. The first kappa shape index (κ1) is 19.1. The maximum atomic E-state index is 12.2. The molecular formula is C18H22N4O4S. The third-order valence-corrected chi connectivity index (χ3v) is 5.37. The number of carbonyl (C=O) groups is 3. The van der Waals surface area contributed by atoms with Crippen molar-refractivity contribution < 1.29 is 18.8 Å². The molecular weight excluding hydrogens is 368 g/mol. The third-order valence-electron chi connectivity index (χ3n) is 4.54. The number of nitrogens with two attached hydrogens (primary N) is 1. The molecule has 0 aliphatic carbocycles. The van der Waals surface area contributed by atoms with E-state index in [9.17, 15) is 14.4 Å². The highest BCUT2D eigenvalue weighted by molar-refractivity contribution is 7.14. The first-order valence-corrected chi connectivity index (χ1v) is 9.56. The van der Waals surface area contributed by atoms with Crippen molar-refractivity contribution in [1.82, 2.24) is 10.2 Å². The minimum atomic E-state index is -0.560. The predicted octanol–water partition coefficient (Wildman–Crippen LogP) is 1.58. The van der Waals surface area contributed by atoms with Crippen LogP contribution in [0, 0.1) is 6.92 Å². The molecule has 4 N–H and O–H groups in total. The molecule has 0 bridgehead atoms. The number of nitrogens with one attached hydrogen (secondary N) is 2. The predicted molar refractivity (Wildman–Crippen MR) is 102 cm³/mol. The van der Waals surface area contributed by atoms with Gasteiger partial charge in [0.15, 0.2) is 5.76 Å². The number of carbonyl (C=O) groups excluding carboxylic acids is 3. The molecule has 9 heteroatoms. The van der Waals surface area contributed by atoms with Crippen LogP contribution < -0.4 is 16.4 Å². The zero-order chi connectivity index (χ0) is 19.4. The number of primary amides is 1. The highest BCUT2D eigenvalue weighted by atomic mass is 32.1. The summed E-state index contributed by atoms with van der Waals surface area (Å²) >= 11 is 1.27. The molecule has 27 heavy (non-hydrogen) atoms. The fraction of sp³-hybridized carbons (Fsp3) is 0.389. The smallest absolute Gasteiger partial charge is 0.287 e. The summed E-state index contributed by atoms with van der Waals surface area (Å²) in [5, 5.41) is 7.91. The Morgan fingerprint density at radius 2 is 2.04 bits per heavy atom. The minimum Gasteiger partial charge on any atom is -0.459 e. The van der Waals surface area contributed by atoms with Gasteiger partial charge in [0.25, 0.3) is 11.8 Å². The molecule has 1 aliphatic heterocycles. The van der Waals surface area contributed by atoms with Crippen LogP contribution in [-0.2, 0) is 4.79 Å². The van der Waals surface area contributed by atoms with E-state index in [0.29, 0.717) is 29.4 Å². The van der Waals surface area contributed by atoms with Crippen molar-refractivity contribution >= 4 is 34.1 Å². The maximum Gasteiger partial charge on any atom is 0.287 e. The minimum absolute atomic E-state index is 0.0556. The molecule has 2 aromatic heterocycles. The number of thiophene rings is 1. The average Bonchev–Trinajstić information content (AvgIpc) is 3.25. The van der Waals surface area contributed by atoms with Gasteiger partial charge < -0.3 is 20.8 Å². The van der Waals surface area contributed by atoms with E-state index >= 15 is 0 Å². The topological polar surface area (TPSA) is 118 Å². The fourth-order valence-corrected chi connectivity index (χ4v) is 3.87. The molecule has 0 saturated carbocycles. The van der Waals surface area contributed by atoms with Gasteiger partial charge in [0.2, 0.25) is 5.91 Å². The van der Waals surface area contributed by atoms with Crippen LogP contribution in [0.4, 0.5) is 5.00 Å². The van der Waals surface area contributed by atoms with Crippen LogP contribution in [0.3, 0.4) is 0 Å². The first-order valence-electron chi connectivity index (χ1n) is 8.68. The summed E-state index contributed by atoms with van der Waals surface area (Å²) in [6.45, 7) is 3.45. The molecule has 2 aromatic rings. The van der Waals surface area contributed by atoms with Crippen LogP contribution in [0.1, 0.15) is 39.3 Å². The standard InChI is InChI=1S/C18H22N4O4S/c1-11-4-8-26-15(11)17(25)20-12-2-6-22(7-3-12)10-14(23)21-18-13(16(19)24)5-9-27-18/h4-5,8-9,12H,2-3,6-7,10H2,1H3,(H2,19,24)(H,20,25)(H,21,23). The van der Waals surface area contributed by atoms with E-state index in [4.69, 9.17) is 10.2 Å². The van der Waals surface area contributed by atoms with Crippen molar-refractivity contribution in [2.24, 2.45) is 5.73 Å². The Balaban J connectivity index is 1.44. The molecule has 8 nitrogen and oxygen atoms in total. The molecule has 0 unspecified atom stereocenters. The van der Waals surface area contributed by atoms with Crippen molar-refractivity contribution in [2.45, 2.75) is 25.8 Å². The summed E-state index contributed by atoms with van der Waals surface area (Å²) in [5.74, 6) is -0.605.